The van der Waals surface area contributed by atoms with Gasteiger partial charge in [-0.05, 0) is 11.0 Å². The first kappa shape index (κ1) is 13.1. The van der Waals surface area contributed by atoms with Crippen molar-refractivity contribution in [3.05, 3.63) is 35.7 Å². The normalized spacial score (nSPS) is 11.8. The summed E-state index contributed by atoms with van der Waals surface area (Å²) in [5.74, 6) is 1.69. The fourth-order valence-corrected chi connectivity index (χ4v) is 1.84. The van der Waals surface area contributed by atoms with Gasteiger partial charge in [0.15, 0.2) is 0 Å². The van der Waals surface area contributed by atoms with Crippen LogP contribution in [0.1, 0.15) is 32.2 Å². The van der Waals surface area contributed by atoms with E-state index < -0.39 is 0 Å². The molecule has 18 heavy (non-hydrogen) atoms. The number of hydrogen-bond acceptors (Lipinski definition) is 3. The number of nitrogens with zero attached hydrogens (tertiary/aromatic N) is 2. The van der Waals surface area contributed by atoms with Gasteiger partial charge in [0.2, 0.25) is 11.7 Å². The predicted octanol–water partition coefficient (Wildman–Crippen LogP) is 3.82. The molecule has 0 radical (unpaired) electrons. The number of aromatic nitrogens is 2. The third kappa shape index (κ3) is 2.91. The quantitative estimate of drug-likeness (QED) is 0.791. The maximum absolute atomic E-state index is 5.63. The molecule has 0 N–H and O–H groups in total. The van der Waals surface area contributed by atoms with E-state index in [1.165, 1.54) is 5.56 Å². The van der Waals surface area contributed by atoms with Gasteiger partial charge in [-0.15, -0.1) is 11.6 Å². The lowest BCUT2D eigenvalue weighted by Gasteiger charge is -2.18. The maximum Gasteiger partial charge on any atom is 0.228 e. The van der Waals surface area contributed by atoms with Crippen molar-refractivity contribution in [3.8, 4) is 11.4 Å². The fraction of sp³-hybridized carbons (Fsp3) is 0.429. The molecule has 0 bridgehead atoms. The monoisotopic (exact) mass is 264 g/mol. The standard InChI is InChI=1S/C14H17ClN2O/c1-14(2,3)11-6-4-10(5-7-11)13-16-12(8-9-15)18-17-13/h4-7H,8-9H2,1-3H3. The van der Waals surface area contributed by atoms with Gasteiger partial charge in [0, 0.05) is 17.9 Å². The number of alkyl halides is 1. The van der Waals surface area contributed by atoms with Gasteiger partial charge in [0.1, 0.15) is 0 Å². The highest BCUT2D eigenvalue weighted by atomic mass is 35.5. The summed E-state index contributed by atoms with van der Waals surface area (Å²) in [7, 11) is 0. The Morgan fingerprint density at radius 1 is 1.17 bits per heavy atom. The van der Waals surface area contributed by atoms with Crippen molar-refractivity contribution >= 4 is 11.6 Å². The molecular weight excluding hydrogens is 248 g/mol. The molecular formula is C14H17ClN2O. The third-order valence-corrected chi connectivity index (χ3v) is 2.97. The summed E-state index contributed by atoms with van der Waals surface area (Å²) in [5.41, 5.74) is 2.41. The summed E-state index contributed by atoms with van der Waals surface area (Å²) >= 11 is 5.63. The average molecular weight is 265 g/mol. The van der Waals surface area contributed by atoms with Crippen molar-refractivity contribution in [2.45, 2.75) is 32.6 Å². The Kier molecular flexibility index (Phi) is 3.71. The highest BCUT2D eigenvalue weighted by Gasteiger charge is 2.14. The van der Waals surface area contributed by atoms with Crippen LogP contribution in [-0.2, 0) is 11.8 Å². The molecule has 0 atom stereocenters. The highest BCUT2D eigenvalue weighted by Crippen LogP contribution is 2.24. The van der Waals surface area contributed by atoms with E-state index in [-0.39, 0.29) is 5.41 Å². The molecule has 0 fully saturated rings. The van der Waals surface area contributed by atoms with Crippen molar-refractivity contribution in [2.24, 2.45) is 0 Å². The molecule has 0 unspecified atom stereocenters. The van der Waals surface area contributed by atoms with Crippen LogP contribution in [0, 0.1) is 0 Å². The van der Waals surface area contributed by atoms with E-state index in [1.54, 1.807) is 0 Å². The van der Waals surface area contributed by atoms with Crippen LogP contribution in [0.3, 0.4) is 0 Å². The Labute approximate surface area is 112 Å². The molecule has 0 aliphatic carbocycles. The summed E-state index contributed by atoms with van der Waals surface area (Å²) < 4.78 is 5.11. The van der Waals surface area contributed by atoms with Crippen LogP contribution in [0.2, 0.25) is 0 Å². The number of rotatable bonds is 3. The minimum Gasteiger partial charge on any atom is -0.339 e. The average Bonchev–Trinajstić information content (AvgIpc) is 2.77. The van der Waals surface area contributed by atoms with Crippen molar-refractivity contribution in [1.82, 2.24) is 10.1 Å². The Morgan fingerprint density at radius 2 is 1.83 bits per heavy atom. The summed E-state index contributed by atoms with van der Waals surface area (Å²) in [6, 6.07) is 8.26. The predicted molar refractivity (Wildman–Crippen MR) is 72.9 cm³/mol. The maximum atomic E-state index is 5.63. The Hall–Kier alpha value is -1.35. The van der Waals surface area contributed by atoms with E-state index in [0.29, 0.717) is 24.0 Å². The molecule has 96 valence electrons. The lowest BCUT2D eigenvalue weighted by atomic mass is 9.87. The number of aryl methyl sites for hydroxylation is 1. The van der Waals surface area contributed by atoms with Crippen LogP contribution in [0.25, 0.3) is 11.4 Å². The van der Waals surface area contributed by atoms with Crippen LogP contribution in [0.4, 0.5) is 0 Å². The minimum atomic E-state index is 0.152. The summed E-state index contributed by atoms with van der Waals surface area (Å²) in [5, 5.41) is 3.95. The zero-order valence-corrected chi connectivity index (χ0v) is 11.7. The third-order valence-electron chi connectivity index (χ3n) is 2.79. The van der Waals surface area contributed by atoms with E-state index in [9.17, 15) is 0 Å². The van der Waals surface area contributed by atoms with E-state index >= 15 is 0 Å². The molecule has 0 aliphatic rings. The van der Waals surface area contributed by atoms with Crippen LogP contribution in [0.5, 0.6) is 0 Å². The zero-order valence-electron chi connectivity index (χ0n) is 10.9. The molecule has 0 spiro atoms. The summed E-state index contributed by atoms with van der Waals surface area (Å²) in [6.45, 7) is 6.57. The van der Waals surface area contributed by atoms with Crippen molar-refractivity contribution in [2.75, 3.05) is 5.88 Å². The highest BCUT2D eigenvalue weighted by molar-refractivity contribution is 6.17. The van der Waals surface area contributed by atoms with Gasteiger partial charge in [-0.1, -0.05) is 50.2 Å². The second-order valence-corrected chi connectivity index (χ2v) is 5.66. The molecule has 0 saturated heterocycles. The van der Waals surface area contributed by atoms with Crippen LogP contribution >= 0.6 is 11.6 Å². The van der Waals surface area contributed by atoms with E-state index in [0.717, 1.165) is 5.56 Å². The van der Waals surface area contributed by atoms with Crippen LogP contribution in [-0.4, -0.2) is 16.0 Å². The molecule has 0 aliphatic heterocycles. The SMILES string of the molecule is CC(C)(C)c1ccc(-c2noc(CCCl)n2)cc1. The lowest BCUT2D eigenvalue weighted by molar-refractivity contribution is 0.383. The topological polar surface area (TPSA) is 38.9 Å². The smallest absolute Gasteiger partial charge is 0.228 e. The molecule has 4 heteroatoms. The van der Waals surface area contributed by atoms with Crippen molar-refractivity contribution in [3.63, 3.8) is 0 Å². The molecule has 0 saturated carbocycles. The number of benzene rings is 1. The Bertz CT molecular complexity index is 511. The fourth-order valence-electron chi connectivity index (χ4n) is 1.67. The lowest BCUT2D eigenvalue weighted by Crippen LogP contribution is -2.10. The molecule has 2 aromatic rings. The first-order chi connectivity index (χ1) is 8.50. The van der Waals surface area contributed by atoms with E-state index in [4.69, 9.17) is 16.1 Å². The molecule has 3 nitrogen and oxygen atoms in total. The first-order valence-corrected chi connectivity index (χ1v) is 6.53. The number of hydrogen-bond donors (Lipinski definition) is 0. The summed E-state index contributed by atoms with van der Waals surface area (Å²) in [4.78, 5) is 4.30. The van der Waals surface area contributed by atoms with Gasteiger partial charge in [0.25, 0.3) is 0 Å². The Balaban J connectivity index is 2.23. The van der Waals surface area contributed by atoms with Gasteiger partial charge in [0.05, 0.1) is 0 Å². The van der Waals surface area contributed by atoms with Gasteiger partial charge in [-0.3, -0.25) is 0 Å². The zero-order chi connectivity index (χ0) is 13.2. The van der Waals surface area contributed by atoms with E-state index in [1.807, 2.05) is 12.1 Å². The van der Waals surface area contributed by atoms with Crippen LogP contribution < -0.4 is 0 Å². The minimum absolute atomic E-state index is 0.152. The van der Waals surface area contributed by atoms with Gasteiger partial charge in [-0.2, -0.15) is 4.98 Å². The van der Waals surface area contributed by atoms with Gasteiger partial charge >= 0.3 is 0 Å². The molecule has 1 aromatic carbocycles. The largest absolute Gasteiger partial charge is 0.339 e. The van der Waals surface area contributed by atoms with Gasteiger partial charge in [-0.25, -0.2) is 0 Å². The Morgan fingerprint density at radius 3 is 2.39 bits per heavy atom. The van der Waals surface area contributed by atoms with E-state index in [2.05, 4.69) is 43.0 Å². The second kappa shape index (κ2) is 5.11. The molecule has 1 heterocycles. The second-order valence-electron chi connectivity index (χ2n) is 5.28. The van der Waals surface area contributed by atoms with Crippen molar-refractivity contribution < 1.29 is 4.52 Å². The van der Waals surface area contributed by atoms with Gasteiger partial charge < -0.3 is 4.52 Å². The first-order valence-electron chi connectivity index (χ1n) is 6.00. The summed E-state index contributed by atoms with van der Waals surface area (Å²) in [6.07, 6.45) is 0.606. The van der Waals surface area contributed by atoms with Crippen molar-refractivity contribution in [1.29, 1.82) is 0 Å². The molecule has 2 rings (SSSR count). The van der Waals surface area contributed by atoms with Crippen LogP contribution in [0.15, 0.2) is 28.8 Å². The molecule has 0 amide bonds. The molecule has 1 aromatic heterocycles. The number of halogens is 1.